The van der Waals surface area contributed by atoms with E-state index < -0.39 is 82.3 Å². The number of aromatic amines is 2. The van der Waals surface area contributed by atoms with Crippen molar-refractivity contribution in [3.63, 3.8) is 0 Å². The average molecular weight is 322 g/mol. The summed E-state index contributed by atoms with van der Waals surface area (Å²) in [6.45, 7) is 0. The lowest BCUT2D eigenvalue weighted by Gasteiger charge is -1.85. The minimum Gasteiger partial charge on any atom is -0.355 e. The molecule has 0 aliphatic carbocycles. The van der Waals surface area contributed by atoms with Crippen molar-refractivity contribution in [3.05, 3.63) is 71.1 Å². The van der Waals surface area contributed by atoms with Crippen LogP contribution in [0.2, 0.25) is 2.82 Å². The van der Waals surface area contributed by atoms with Crippen molar-refractivity contribution in [2.45, 2.75) is 0 Å². The van der Waals surface area contributed by atoms with E-state index in [1.54, 1.807) is 0 Å². The molecule has 5 heterocycles. The Labute approximate surface area is 155 Å². The monoisotopic (exact) mass is 322 g/mol. The molecule has 0 saturated heterocycles. The predicted octanol–water partition coefficient (Wildman–Crippen LogP) is 4.66. The van der Waals surface area contributed by atoms with Crippen LogP contribution >= 0.6 is 0 Å². The molecule has 0 radical (unpaired) electrons. The van der Waals surface area contributed by atoms with Crippen LogP contribution in [0, 0.1) is 0 Å². The Balaban J connectivity index is 2.15. The molecule has 114 valence electrons. The van der Waals surface area contributed by atoms with Gasteiger partial charge in [0, 0.05) is 22.1 Å². The summed E-state index contributed by atoms with van der Waals surface area (Å²) in [7, 11) is 0. The molecule has 0 saturated carbocycles. The zero-order chi connectivity index (χ0) is 26.4. The molecular weight excluding hydrogens is 296 g/mol. The molecule has 0 fully saturated rings. The third kappa shape index (κ3) is 2.44. The average Bonchev–Trinajstić information content (AvgIpc) is 3.47. The van der Waals surface area contributed by atoms with Crippen molar-refractivity contribution in [2.24, 2.45) is 0 Å². The van der Waals surface area contributed by atoms with Gasteiger partial charge in [-0.3, -0.25) is 0 Å². The molecule has 5 rings (SSSR count). The maximum atomic E-state index is 8.53. The zero-order valence-electron chi connectivity index (χ0n) is 23.9. The number of H-pyrrole nitrogens is 2. The first kappa shape index (κ1) is 5.91. The number of rotatable bonds is 0. The topological polar surface area (TPSA) is 57.4 Å². The van der Waals surface area contributed by atoms with Gasteiger partial charge in [-0.15, -0.1) is 0 Å². The molecule has 3 aromatic heterocycles. The van der Waals surface area contributed by atoms with Gasteiger partial charge in [0.25, 0.3) is 0 Å². The normalized spacial score (nSPS) is 20.9. The second-order valence-corrected chi connectivity index (χ2v) is 4.91. The molecule has 8 bridgehead atoms. The van der Waals surface area contributed by atoms with Crippen LogP contribution in [0.5, 0.6) is 0 Å². The van der Waals surface area contributed by atoms with Gasteiger partial charge < -0.3 is 9.95 Å². The van der Waals surface area contributed by atoms with Gasteiger partial charge in [0.15, 0.2) is 2.82 Å². The molecule has 4 heteroatoms. The summed E-state index contributed by atoms with van der Waals surface area (Å²) in [6, 6.07) is -4.20. The number of nitrogens with zero attached hydrogens (tertiary/aromatic N) is 2. The fraction of sp³-hybridized carbons (Fsp3) is 0. The highest BCUT2D eigenvalue weighted by Gasteiger charge is 2.00. The van der Waals surface area contributed by atoms with E-state index >= 15 is 0 Å². The summed E-state index contributed by atoms with van der Waals surface area (Å²) in [5.74, 6) is 0. The molecule has 0 atom stereocenters. The van der Waals surface area contributed by atoms with Crippen LogP contribution in [-0.2, 0) is 0 Å². The number of nitrogens with one attached hydrogen (secondary N) is 2. The first-order valence-corrected chi connectivity index (χ1v) is 6.94. The standard InChI is InChI=1S/C20H14N4/c1-2-14-10-16-5-6-18(23-16)12-20-8-7-19(24-20)11-17-4-3-15(22-17)9-13(1)21-14/h1-12,21,24H/i1D,2D,3D,4D,5D,7D,8D,9D,10D,11D/hD2. The molecule has 4 nitrogen and oxygen atoms in total. The van der Waals surface area contributed by atoms with Gasteiger partial charge in [0.05, 0.1) is 36.5 Å². The highest BCUT2D eigenvalue weighted by Crippen LogP contribution is 2.16. The Bertz CT molecular complexity index is 1760. The summed E-state index contributed by atoms with van der Waals surface area (Å²) in [5.41, 5.74) is -2.58. The van der Waals surface area contributed by atoms with Crippen LogP contribution in [0.1, 0.15) is 36.5 Å². The Morgan fingerprint density at radius 3 is 1.83 bits per heavy atom. The van der Waals surface area contributed by atoms with E-state index in [4.69, 9.17) is 16.5 Å². The number of aromatic nitrogens is 4. The van der Waals surface area contributed by atoms with E-state index in [-0.39, 0.29) is 23.0 Å². The first-order chi connectivity index (χ1) is 16.9. The minimum atomic E-state index is -0.669. The third-order valence-corrected chi connectivity index (χ3v) is 3.18. The molecule has 0 unspecified atom stereocenters. The quantitative estimate of drug-likeness (QED) is 0.632. The van der Waals surface area contributed by atoms with E-state index in [0.29, 0.717) is 9.95 Å². The molecule has 2 N–H and O–H groups in total. The van der Waals surface area contributed by atoms with Crippen molar-refractivity contribution in [1.82, 2.24) is 19.9 Å². The molecule has 2 aliphatic rings. The van der Waals surface area contributed by atoms with Crippen LogP contribution in [-0.4, -0.2) is 19.9 Å². The maximum absolute atomic E-state index is 8.53. The second kappa shape index (κ2) is 5.06. The lowest BCUT2D eigenvalue weighted by Crippen LogP contribution is -1.75. The van der Waals surface area contributed by atoms with Gasteiger partial charge in [-0.1, -0.05) is 0 Å². The smallest absolute Gasteiger partial charge is 0.167 e. The van der Waals surface area contributed by atoms with Crippen LogP contribution in [0.25, 0.3) is 46.3 Å². The summed E-state index contributed by atoms with van der Waals surface area (Å²) >= 11 is 0. The number of hydrogen-bond acceptors (Lipinski definition) is 2. The van der Waals surface area contributed by atoms with Crippen molar-refractivity contribution >= 4 is 46.3 Å². The largest absolute Gasteiger partial charge is 0.355 e. The number of hydrogen-bond donors (Lipinski definition) is 2. The fourth-order valence-corrected chi connectivity index (χ4v) is 2.19. The Morgan fingerprint density at radius 1 is 0.667 bits per heavy atom. The predicted molar refractivity (Wildman–Crippen MR) is 98.9 cm³/mol. The van der Waals surface area contributed by atoms with Gasteiger partial charge in [0.2, 0.25) is 0 Å². The van der Waals surface area contributed by atoms with Crippen LogP contribution < -0.4 is 0 Å². The summed E-state index contributed by atoms with van der Waals surface area (Å²) in [6.07, 6.45) is 1.23. The van der Waals surface area contributed by atoms with Crippen LogP contribution in [0.4, 0.5) is 0 Å². The highest BCUT2D eigenvalue weighted by atomic mass is 14.8. The zero-order valence-corrected chi connectivity index (χ0v) is 11.9. The second-order valence-electron chi connectivity index (χ2n) is 4.91. The Morgan fingerprint density at radius 2 is 1.17 bits per heavy atom. The molecular formula is C20H14N4. The van der Waals surface area contributed by atoms with E-state index in [0.717, 1.165) is 0 Å². The fourth-order valence-electron chi connectivity index (χ4n) is 2.19. The van der Waals surface area contributed by atoms with Crippen LogP contribution in [0.15, 0.2) is 48.4 Å². The lowest BCUT2D eigenvalue weighted by molar-refractivity contribution is 1.31. The van der Waals surface area contributed by atoms with E-state index in [2.05, 4.69) is 9.97 Å². The van der Waals surface area contributed by atoms with Gasteiger partial charge in [-0.25, -0.2) is 9.97 Å². The SMILES string of the molecule is [2H]C1=Cc2cc3c([2H])c([2H])c(c([2H])c4nc(c([2H])c5c([2H])c([2H])c(c([2H])c1n2)n5[2H])C([2H])=C4[2H])n3[2H]. The van der Waals surface area contributed by atoms with Crippen molar-refractivity contribution in [1.29, 1.82) is 0 Å². The van der Waals surface area contributed by atoms with Gasteiger partial charge >= 0.3 is 0 Å². The molecule has 2 aliphatic heterocycles. The van der Waals surface area contributed by atoms with E-state index in [9.17, 15) is 0 Å². The van der Waals surface area contributed by atoms with Gasteiger partial charge in [-0.2, -0.15) is 0 Å². The van der Waals surface area contributed by atoms with E-state index in [1.807, 2.05) is 0 Å². The summed E-state index contributed by atoms with van der Waals surface area (Å²) in [5, 5.41) is 0. The van der Waals surface area contributed by atoms with Gasteiger partial charge in [-0.05, 0) is 72.6 Å². The number of fused-ring (bicyclic) bond motifs is 8. The van der Waals surface area contributed by atoms with Crippen molar-refractivity contribution < 1.29 is 16.5 Å². The van der Waals surface area contributed by atoms with Gasteiger partial charge in [0.1, 0.15) is 0 Å². The molecule has 0 amide bonds. The summed E-state index contributed by atoms with van der Waals surface area (Å²) < 4.78 is 100. The molecule has 24 heavy (non-hydrogen) atoms. The lowest BCUT2D eigenvalue weighted by atomic mass is 10.3. The van der Waals surface area contributed by atoms with E-state index in [1.165, 1.54) is 12.1 Å². The van der Waals surface area contributed by atoms with Crippen molar-refractivity contribution in [3.8, 4) is 0 Å². The molecule has 0 spiro atoms. The highest BCUT2D eigenvalue weighted by molar-refractivity contribution is 5.77. The maximum Gasteiger partial charge on any atom is 0.167 e. The third-order valence-electron chi connectivity index (χ3n) is 3.18. The minimum absolute atomic E-state index is 0.0430. The van der Waals surface area contributed by atoms with Crippen LogP contribution in [0.3, 0.4) is 0 Å². The molecule has 0 aromatic carbocycles. The van der Waals surface area contributed by atoms with Crippen molar-refractivity contribution in [2.75, 3.05) is 0 Å². The first-order valence-electron chi connectivity index (χ1n) is 12.8. The Hall–Kier alpha value is -3.40. The Kier molecular flexibility index (Phi) is 1.25. The molecule has 3 aromatic rings. The summed E-state index contributed by atoms with van der Waals surface area (Å²) in [4.78, 5) is 9.29.